The summed E-state index contributed by atoms with van der Waals surface area (Å²) in [7, 11) is -4.49. The highest BCUT2D eigenvalue weighted by Crippen LogP contribution is 2.41. The van der Waals surface area contributed by atoms with Crippen molar-refractivity contribution in [3.05, 3.63) is 51.5 Å². The van der Waals surface area contributed by atoms with Gasteiger partial charge in [-0.05, 0) is 31.5 Å². The Balaban J connectivity index is 1.90. The maximum absolute atomic E-state index is 13.7. The summed E-state index contributed by atoms with van der Waals surface area (Å²) in [6, 6.07) is 3.00. The van der Waals surface area contributed by atoms with Crippen molar-refractivity contribution >= 4 is 18.8 Å². The first-order chi connectivity index (χ1) is 15.0. The molecule has 2 heterocycles. The van der Waals surface area contributed by atoms with Crippen molar-refractivity contribution < 1.29 is 38.1 Å². The van der Waals surface area contributed by atoms with Gasteiger partial charge < -0.3 is 29.7 Å². The van der Waals surface area contributed by atoms with E-state index in [1.807, 2.05) is 0 Å². The highest BCUT2D eigenvalue weighted by molar-refractivity contribution is 7.61. The molecule has 0 saturated heterocycles. The van der Waals surface area contributed by atoms with Gasteiger partial charge in [-0.15, -0.1) is 0 Å². The molecule has 174 valence electrons. The van der Waals surface area contributed by atoms with Crippen LogP contribution in [0.2, 0.25) is 0 Å². The summed E-state index contributed by atoms with van der Waals surface area (Å²) in [6.45, 7) is 2.40. The molecular weight excluding hydrogens is 448 g/mol. The third kappa shape index (κ3) is 4.74. The molecule has 2 aromatic rings. The predicted octanol–water partition coefficient (Wildman–Crippen LogP) is 0.103. The topological polar surface area (TPSA) is 160 Å². The molecule has 0 saturated carbocycles. The lowest BCUT2D eigenvalue weighted by atomic mass is 10.1. The molecule has 0 fully saturated rings. The molecule has 0 bridgehead atoms. The minimum Gasteiger partial charge on any atom is -0.501 e. The van der Waals surface area contributed by atoms with Gasteiger partial charge in [0.05, 0.1) is 31.7 Å². The highest BCUT2D eigenvalue weighted by atomic mass is 31.2. The van der Waals surface area contributed by atoms with Gasteiger partial charge >= 0.3 is 7.60 Å². The number of aliphatic hydroxyl groups excluding tert-OH is 1. The molecule has 13 heteroatoms. The average molecular weight is 471 g/mol. The summed E-state index contributed by atoms with van der Waals surface area (Å²) in [6.07, 6.45) is 0. The maximum Gasteiger partial charge on any atom is 0.359 e. The number of rotatable bonds is 7. The molecule has 0 radical (unpaired) electrons. The molecule has 32 heavy (non-hydrogen) atoms. The lowest BCUT2D eigenvalue weighted by Gasteiger charge is -2.32. The van der Waals surface area contributed by atoms with E-state index in [2.05, 4.69) is 10.3 Å². The lowest BCUT2D eigenvalue weighted by molar-refractivity contribution is -0.0566. The Hall–Kier alpha value is -2.63. The van der Waals surface area contributed by atoms with E-state index in [0.717, 1.165) is 12.1 Å². The number of benzene rings is 1. The number of amides is 1. The van der Waals surface area contributed by atoms with E-state index < -0.39 is 60.4 Å². The van der Waals surface area contributed by atoms with Crippen LogP contribution in [0.4, 0.5) is 4.39 Å². The molecule has 1 aliphatic heterocycles. The molecule has 1 aromatic heterocycles. The third-order valence-corrected chi connectivity index (χ3v) is 6.38. The smallest absolute Gasteiger partial charge is 0.359 e. The Morgan fingerprint density at radius 3 is 2.84 bits per heavy atom. The van der Waals surface area contributed by atoms with Gasteiger partial charge in [-0.3, -0.25) is 18.7 Å². The monoisotopic (exact) mass is 471 g/mol. The summed E-state index contributed by atoms with van der Waals surface area (Å²) in [5.74, 6) is -2.41. The number of nitrogens with zero attached hydrogens (tertiary/aromatic N) is 2. The normalized spacial score (nSPS) is 16.8. The van der Waals surface area contributed by atoms with Gasteiger partial charge in [0.1, 0.15) is 17.2 Å². The molecule has 11 nitrogen and oxygen atoms in total. The number of ether oxygens (including phenoxy) is 1. The van der Waals surface area contributed by atoms with Gasteiger partial charge in [0, 0.05) is 6.54 Å². The number of aliphatic hydroxyl groups is 1. The molecular formula is C19H23FN3O8P. The van der Waals surface area contributed by atoms with Crippen molar-refractivity contribution in [2.45, 2.75) is 32.5 Å². The SMILES string of the molecule is CC1(C)OCCn2c1nc(C(=O)NCc1ccc(F)cc1P(=O)(O)OCCO)c(O)c2=O. The van der Waals surface area contributed by atoms with E-state index in [4.69, 9.17) is 14.4 Å². The highest BCUT2D eigenvalue weighted by Gasteiger charge is 2.34. The van der Waals surface area contributed by atoms with Crippen LogP contribution in [-0.4, -0.2) is 50.4 Å². The fourth-order valence-corrected chi connectivity index (χ4v) is 4.54. The first-order valence-electron chi connectivity index (χ1n) is 9.61. The molecule has 3 rings (SSSR count). The Bertz CT molecular complexity index is 1150. The molecule has 0 spiro atoms. The van der Waals surface area contributed by atoms with E-state index in [1.54, 1.807) is 13.8 Å². The van der Waals surface area contributed by atoms with E-state index in [-0.39, 0.29) is 31.1 Å². The van der Waals surface area contributed by atoms with Gasteiger partial charge in [0.15, 0.2) is 5.69 Å². The number of nitrogens with one attached hydrogen (secondary N) is 1. The molecule has 0 aliphatic carbocycles. The second-order valence-corrected chi connectivity index (χ2v) is 9.26. The van der Waals surface area contributed by atoms with Crippen LogP contribution >= 0.6 is 7.60 Å². The van der Waals surface area contributed by atoms with Crippen molar-refractivity contribution in [3.63, 3.8) is 0 Å². The van der Waals surface area contributed by atoms with Crippen LogP contribution in [-0.2, 0) is 32.5 Å². The summed E-state index contributed by atoms with van der Waals surface area (Å²) in [4.78, 5) is 39.4. The maximum atomic E-state index is 13.7. The minimum atomic E-state index is -4.49. The number of carbonyl (C=O) groups excluding carboxylic acids is 1. The van der Waals surface area contributed by atoms with Gasteiger partial charge in [-0.25, -0.2) is 9.37 Å². The Morgan fingerprint density at radius 1 is 1.44 bits per heavy atom. The number of hydrogen-bond donors (Lipinski definition) is 4. The Labute approximate surface area is 182 Å². The lowest BCUT2D eigenvalue weighted by Crippen LogP contribution is -2.42. The van der Waals surface area contributed by atoms with Gasteiger partial charge in [-0.1, -0.05) is 6.07 Å². The summed E-state index contributed by atoms with van der Waals surface area (Å²) >= 11 is 0. The molecule has 4 N–H and O–H groups in total. The van der Waals surface area contributed by atoms with E-state index in [1.165, 1.54) is 10.6 Å². The molecule has 1 unspecified atom stereocenters. The first-order valence-corrected chi connectivity index (χ1v) is 11.2. The molecule has 1 aliphatic rings. The molecule has 1 aromatic carbocycles. The van der Waals surface area contributed by atoms with Gasteiger partial charge in [0.2, 0.25) is 5.75 Å². The van der Waals surface area contributed by atoms with Crippen LogP contribution in [0, 0.1) is 5.82 Å². The number of aromatic hydroxyl groups is 1. The van der Waals surface area contributed by atoms with Gasteiger partial charge in [0.25, 0.3) is 11.5 Å². The summed E-state index contributed by atoms with van der Waals surface area (Å²) < 4.78 is 37.7. The van der Waals surface area contributed by atoms with E-state index >= 15 is 0 Å². The number of halogens is 1. The van der Waals surface area contributed by atoms with Crippen molar-refractivity contribution in [3.8, 4) is 5.75 Å². The number of carbonyl (C=O) groups is 1. The van der Waals surface area contributed by atoms with Crippen LogP contribution in [0.25, 0.3) is 0 Å². The molecule has 1 amide bonds. The zero-order chi connectivity index (χ0) is 23.7. The minimum absolute atomic E-state index is 0.0568. The second-order valence-electron chi connectivity index (χ2n) is 7.48. The summed E-state index contributed by atoms with van der Waals surface area (Å²) in [5, 5.41) is 21.0. The fraction of sp³-hybridized carbons (Fsp3) is 0.421. The number of hydrogen-bond acceptors (Lipinski definition) is 8. The predicted molar refractivity (Wildman–Crippen MR) is 109 cm³/mol. The van der Waals surface area contributed by atoms with Gasteiger partial charge in [-0.2, -0.15) is 0 Å². The third-order valence-electron chi connectivity index (χ3n) is 4.83. The van der Waals surface area contributed by atoms with E-state index in [0.29, 0.717) is 0 Å². The quantitative estimate of drug-likeness (QED) is 0.411. The van der Waals surface area contributed by atoms with Crippen molar-refractivity contribution in [1.82, 2.24) is 14.9 Å². The standard InChI is InChI=1S/C19H23FN3O8P/c1-19(2)18-22-14(15(25)17(27)23(18)5-7-30-19)16(26)21-10-11-3-4-12(20)9-13(11)32(28,29)31-8-6-24/h3-4,9,24-25H,5-8,10H2,1-2H3,(H,21,26)(H,28,29). The van der Waals surface area contributed by atoms with Crippen LogP contribution in [0.1, 0.15) is 35.7 Å². The van der Waals surface area contributed by atoms with Crippen LogP contribution < -0.4 is 16.2 Å². The van der Waals surface area contributed by atoms with Crippen LogP contribution in [0.15, 0.2) is 23.0 Å². The fourth-order valence-electron chi connectivity index (χ4n) is 3.27. The first kappa shape index (κ1) is 24.0. The zero-order valence-electron chi connectivity index (χ0n) is 17.4. The Kier molecular flexibility index (Phi) is 6.82. The van der Waals surface area contributed by atoms with Crippen molar-refractivity contribution in [2.75, 3.05) is 19.8 Å². The Morgan fingerprint density at radius 2 is 2.16 bits per heavy atom. The summed E-state index contributed by atoms with van der Waals surface area (Å²) in [5.41, 5.74) is -2.25. The largest absolute Gasteiger partial charge is 0.501 e. The van der Waals surface area contributed by atoms with Crippen molar-refractivity contribution in [1.29, 1.82) is 0 Å². The van der Waals surface area contributed by atoms with Crippen LogP contribution in [0.5, 0.6) is 5.75 Å². The number of fused-ring (bicyclic) bond motifs is 1. The van der Waals surface area contributed by atoms with Crippen LogP contribution in [0.3, 0.4) is 0 Å². The van der Waals surface area contributed by atoms with Crippen molar-refractivity contribution in [2.24, 2.45) is 0 Å². The number of aromatic nitrogens is 2. The molecule has 1 atom stereocenters. The average Bonchev–Trinajstić information content (AvgIpc) is 2.73. The second kappa shape index (κ2) is 9.08. The zero-order valence-corrected chi connectivity index (χ0v) is 18.3. The van der Waals surface area contributed by atoms with E-state index in [9.17, 15) is 28.5 Å².